The highest BCUT2D eigenvalue weighted by atomic mass is 16.3. The molecule has 36 heavy (non-hydrogen) atoms. The summed E-state index contributed by atoms with van der Waals surface area (Å²) < 4.78 is 6.98. The molecular weight excluding hydrogens is 454 g/mol. The fourth-order valence-corrected chi connectivity index (χ4v) is 4.36. The minimum atomic E-state index is -0.297. The van der Waals surface area contributed by atoms with Crippen LogP contribution in [0.4, 0.5) is 17.3 Å². The fourth-order valence-electron chi connectivity index (χ4n) is 4.36. The van der Waals surface area contributed by atoms with Crippen LogP contribution in [0.5, 0.6) is 0 Å². The van der Waals surface area contributed by atoms with Crippen LogP contribution < -0.4 is 15.8 Å². The number of nitrogens with zero attached hydrogens (tertiary/aromatic N) is 6. The minimum Gasteiger partial charge on any atom is -0.463 e. The molecule has 1 saturated heterocycles. The van der Waals surface area contributed by atoms with Crippen molar-refractivity contribution in [2.75, 3.05) is 43.4 Å². The number of benzene rings is 2. The third-order valence-electron chi connectivity index (χ3n) is 6.38. The second-order valence-electron chi connectivity index (χ2n) is 8.80. The topological polar surface area (TPSA) is 92.3 Å². The fraction of sp³-hybridized carbons (Fsp3) is 0.185. The molecule has 1 fully saturated rings. The first-order chi connectivity index (χ1) is 17.7. The Hall–Kier alpha value is -4.50. The molecule has 0 aliphatic carbocycles. The number of fused-ring (bicyclic) bond motifs is 1. The van der Waals surface area contributed by atoms with E-state index in [9.17, 15) is 4.79 Å². The van der Waals surface area contributed by atoms with E-state index in [-0.39, 0.29) is 5.56 Å². The molecule has 180 valence electrons. The van der Waals surface area contributed by atoms with Crippen LogP contribution in [0.3, 0.4) is 0 Å². The second-order valence-corrected chi connectivity index (χ2v) is 8.80. The van der Waals surface area contributed by atoms with E-state index in [0.29, 0.717) is 34.0 Å². The van der Waals surface area contributed by atoms with Gasteiger partial charge >= 0.3 is 0 Å². The zero-order chi connectivity index (χ0) is 24.5. The van der Waals surface area contributed by atoms with E-state index >= 15 is 0 Å². The Labute approximate surface area is 207 Å². The molecule has 0 unspecified atom stereocenters. The maximum Gasteiger partial charge on any atom is 0.282 e. The quantitative estimate of drug-likeness (QED) is 0.405. The van der Waals surface area contributed by atoms with E-state index < -0.39 is 0 Å². The summed E-state index contributed by atoms with van der Waals surface area (Å²) >= 11 is 0. The van der Waals surface area contributed by atoms with Gasteiger partial charge in [0, 0.05) is 43.8 Å². The van der Waals surface area contributed by atoms with E-state index in [4.69, 9.17) is 4.42 Å². The van der Waals surface area contributed by atoms with Crippen molar-refractivity contribution in [1.29, 1.82) is 0 Å². The van der Waals surface area contributed by atoms with Gasteiger partial charge in [-0.25, -0.2) is 9.97 Å². The maximum atomic E-state index is 13.3. The smallest absolute Gasteiger partial charge is 0.282 e. The molecule has 6 rings (SSSR count). The number of hydrogen-bond donors (Lipinski definition) is 1. The first-order valence-electron chi connectivity index (χ1n) is 11.9. The van der Waals surface area contributed by atoms with Crippen molar-refractivity contribution < 1.29 is 4.42 Å². The predicted molar refractivity (Wildman–Crippen MR) is 140 cm³/mol. The van der Waals surface area contributed by atoms with Crippen molar-refractivity contribution in [3.05, 3.63) is 89.5 Å². The van der Waals surface area contributed by atoms with Crippen molar-refractivity contribution in [2.45, 2.75) is 0 Å². The average Bonchev–Trinajstić information content (AvgIpc) is 3.45. The highest BCUT2D eigenvalue weighted by Gasteiger charge is 2.18. The summed E-state index contributed by atoms with van der Waals surface area (Å²) in [5, 5.41) is 8.23. The summed E-state index contributed by atoms with van der Waals surface area (Å²) in [7, 11) is 2.15. The molecule has 1 N–H and O–H groups in total. The van der Waals surface area contributed by atoms with Gasteiger partial charge in [-0.2, -0.15) is 9.78 Å². The van der Waals surface area contributed by atoms with Crippen molar-refractivity contribution >= 4 is 28.2 Å². The molecule has 5 aromatic rings. The van der Waals surface area contributed by atoms with E-state index in [1.165, 1.54) is 10.4 Å². The molecule has 0 saturated carbocycles. The maximum absolute atomic E-state index is 13.3. The number of piperazine rings is 1. The second kappa shape index (κ2) is 9.27. The Morgan fingerprint density at radius 1 is 0.889 bits per heavy atom. The predicted octanol–water partition coefficient (Wildman–Crippen LogP) is 3.93. The lowest BCUT2D eigenvalue weighted by atomic mass is 10.2. The molecule has 9 heteroatoms. The number of para-hydroxylation sites is 1. The molecule has 2 aromatic carbocycles. The van der Waals surface area contributed by atoms with Crippen LogP contribution in [0.1, 0.15) is 0 Å². The molecule has 0 spiro atoms. The monoisotopic (exact) mass is 479 g/mol. The number of aromatic nitrogens is 4. The zero-order valence-electron chi connectivity index (χ0n) is 19.8. The van der Waals surface area contributed by atoms with Crippen LogP contribution in [0.15, 0.2) is 88.4 Å². The molecule has 9 nitrogen and oxygen atoms in total. The lowest BCUT2D eigenvalue weighted by Crippen LogP contribution is -2.44. The Kier molecular flexibility index (Phi) is 5.67. The van der Waals surface area contributed by atoms with Gasteiger partial charge in [-0.3, -0.25) is 4.79 Å². The number of hydrogen-bond acceptors (Lipinski definition) is 8. The normalized spacial score (nSPS) is 14.3. The largest absolute Gasteiger partial charge is 0.463 e. The van der Waals surface area contributed by atoms with E-state index in [1.54, 1.807) is 24.6 Å². The van der Waals surface area contributed by atoms with E-state index in [1.807, 2.05) is 42.5 Å². The first kappa shape index (κ1) is 22.0. The van der Waals surface area contributed by atoms with E-state index in [0.717, 1.165) is 31.9 Å². The molecule has 1 aliphatic heterocycles. The number of furan rings is 1. The molecule has 1 aliphatic rings. The van der Waals surface area contributed by atoms with E-state index in [2.05, 4.69) is 49.4 Å². The van der Waals surface area contributed by atoms with Gasteiger partial charge in [0.15, 0.2) is 11.5 Å². The lowest BCUT2D eigenvalue weighted by molar-refractivity contribution is 0.313. The van der Waals surface area contributed by atoms with Crippen molar-refractivity contribution in [2.24, 2.45) is 0 Å². The average molecular weight is 480 g/mol. The van der Waals surface area contributed by atoms with Gasteiger partial charge in [-0.1, -0.05) is 18.2 Å². The molecule has 0 atom stereocenters. The summed E-state index contributed by atoms with van der Waals surface area (Å²) in [6, 6.07) is 21.1. The molecule has 0 radical (unpaired) electrons. The number of nitrogens with one attached hydrogen (secondary N) is 1. The summed E-state index contributed by atoms with van der Waals surface area (Å²) in [5.74, 6) is 0.896. The van der Waals surface area contributed by atoms with Crippen molar-refractivity contribution in [3.8, 4) is 17.1 Å². The standard InChI is InChI=1S/C27H25N7O2/c1-32-13-15-33(16-14-32)20-11-9-19(10-12-20)29-27-28-18-22-24(30-27)25(23-8-5-17-36-23)31-34(26(22)35)21-6-3-2-4-7-21/h2-12,17-18H,13-16H2,1H3,(H,28,29,30). The van der Waals surface area contributed by atoms with Crippen LogP contribution in [-0.2, 0) is 0 Å². The van der Waals surface area contributed by atoms with Gasteiger partial charge < -0.3 is 19.5 Å². The molecule has 0 bridgehead atoms. The van der Waals surface area contributed by atoms with Gasteiger partial charge in [0.2, 0.25) is 5.95 Å². The van der Waals surface area contributed by atoms with Gasteiger partial charge in [0.1, 0.15) is 5.52 Å². The summed E-state index contributed by atoms with van der Waals surface area (Å²) in [6.45, 7) is 4.14. The van der Waals surface area contributed by atoms with Crippen LogP contribution in [0, 0.1) is 0 Å². The Bertz CT molecular complexity index is 1540. The lowest BCUT2D eigenvalue weighted by Gasteiger charge is -2.34. The highest BCUT2D eigenvalue weighted by Crippen LogP contribution is 2.26. The van der Waals surface area contributed by atoms with Crippen LogP contribution >= 0.6 is 0 Å². The number of rotatable bonds is 5. The van der Waals surface area contributed by atoms with Gasteiger partial charge in [0.05, 0.1) is 17.3 Å². The Balaban J connectivity index is 1.35. The van der Waals surface area contributed by atoms with Crippen LogP contribution in [-0.4, -0.2) is 57.9 Å². The van der Waals surface area contributed by atoms with Gasteiger partial charge in [-0.15, -0.1) is 0 Å². The Morgan fingerprint density at radius 2 is 1.67 bits per heavy atom. The van der Waals surface area contributed by atoms with Gasteiger partial charge in [0.25, 0.3) is 5.56 Å². The minimum absolute atomic E-state index is 0.297. The number of likely N-dealkylation sites (N-methyl/N-ethyl adjacent to an activating group) is 1. The SMILES string of the molecule is CN1CCN(c2ccc(Nc3ncc4c(=O)n(-c5ccccc5)nc(-c5ccco5)c4n3)cc2)CC1. The Morgan fingerprint density at radius 3 is 2.39 bits per heavy atom. The van der Waals surface area contributed by atoms with Gasteiger partial charge in [-0.05, 0) is 55.6 Å². The molecule has 4 heterocycles. The first-order valence-corrected chi connectivity index (χ1v) is 11.9. The summed E-state index contributed by atoms with van der Waals surface area (Å²) in [6.07, 6.45) is 3.11. The molecule has 3 aromatic heterocycles. The third-order valence-corrected chi connectivity index (χ3v) is 6.38. The van der Waals surface area contributed by atoms with Crippen molar-refractivity contribution in [3.63, 3.8) is 0 Å². The van der Waals surface area contributed by atoms with Crippen molar-refractivity contribution in [1.82, 2.24) is 24.6 Å². The van der Waals surface area contributed by atoms with Crippen LogP contribution in [0.2, 0.25) is 0 Å². The highest BCUT2D eigenvalue weighted by molar-refractivity contribution is 5.89. The summed E-state index contributed by atoms with van der Waals surface area (Å²) in [5.41, 5.74) is 3.30. The summed E-state index contributed by atoms with van der Waals surface area (Å²) in [4.78, 5) is 27.1. The third kappa shape index (κ3) is 4.20. The van der Waals surface area contributed by atoms with Crippen LogP contribution in [0.25, 0.3) is 28.0 Å². The number of anilines is 3. The molecular formula is C27H25N7O2. The zero-order valence-corrected chi connectivity index (χ0v) is 19.8. The molecule has 0 amide bonds.